The summed E-state index contributed by atoms with van der Waals surface area (Å²) in [6, 6.07) is 8.32. The van der Waals surface area contributed by atoms with Crippen LogP contribution in [0.15, 0.2) is 48.9 Å². The molecule has 0 aliphatic carbocycles. The SMILES string of the molecule is O=C(O)c1ccccc1OCc1cn2cccnc2n1. The minimum absolute atomic E-state index is 0.134. The van der Waals surface area contributed by atoms with Gasteiger partial charge in [0.25, 0.3) is 0 Å². The first kappa shape index (κ1) is 12.2. The number of para-hydroxylation sites is 1. The highest BCUT2D eigenvalue weighted by Gasteiger charge is 2.11. The summed E-state index contributed by atoms with van der Waals surface area (Å²) in [6.45, 7) is 0.188. The summed E-state index contributed by atoms with van der Waals surface area (Å²) >= 11 is 0. The van der Waals surface area contributed by atoms with Crippen molar-refractivity contribution in [2.75, 3.05) is 0 Å². The number of carboxylic acid groups (broad SMARTS) is 1. The average Bonchev–Trinajstić information content (AvgIpc) is 2.88. The van der Waals surface area contributed by atoms with E-state index >= 15 is 0 Å². The Balaban J connectivity index is 1.81. The highest BCUT2D eigenvalue weighted by molar-refractivity contribution is 5.90. The molecule has 0 bridgehead atoms. The van der Waals surface area contributed by atoms with Crippen molar-refractivity contribution in [3.8, 4) is 5.75 Å². The number of aromatic nitrogens is 3. The fourth-order valence-corrected chi connectivity index (χ4v) is 1.87. The van der Waals surface area contributed by atoms with Gasteiger partial charge in [-0.1, -0.05) is 12.1 Å². The molecule has 3 rings (SSSR count). The fourth-order valence-electron chi connectivity index (χ4n) is 1.87. The molecule has 3 aromatic rings. The number of rotatable bonds is 4. The van der Waals surface area contributed by atoms with Gasteiger partial charge in [-0.05, 0) is 18.2 Å². The van der Waals surface area contributed by atoms with Crippen molar-refractivity contribution < 1.29 is 14.6 Å². The van der Waals surface area contributed by atoms with Gasteiger partial charge in [0.15, 0.2) is 0 Å². The molecule has 0 aliphatic rings. The van der Waals surface area contributed by atoms with E-state index in [0.717, 1.165) is 0 Å². The number of hydrogen-bond donors (Lipinski definition) is 1. The van der Waals surface area contributed by atoms with Crippen molar-refractivity contribution >= 4 is 11.7 Å². The highest BCUT2D eigenvalue weighted by atomic mass is 16.5. The molecular weight excluding hydrogens is 258 g/mol. The van der Waals surface area contributed by atoms with Crippen LogP contribution in [-0.4, -0.2) is 25.4 Å². The summed E-state index contributed by atoms with van der Waals surface area (Å²) in [5.74, 6) is -0.111. The van der Waals surface area contributed by atoms with Crippen LogP contribution in [0.5, 0.6) is 5.75 Å². The molecule has 0 amide bonds. The molecule has 0 radical (unpaired) electrons. The normalized spacial score (nSPS) is 10.6. The van der Waals surface area contributed by atoms with Gasteiger partial charge in [-0.25, -0.2) is 14.8 Å². The lowest BCUT2D eigenvalue weighted by atomic mass is 10.2. The van der Waals surface area contributed by atoms with E-state index in [4.69, 9.17) is 9.84 Å². The quantitative estimate of drug-likeness (QED) is 0.784. The number of carboxylic acids is 1. The lowest BCUT2D eigenvalue weighted by Gasteiger charge is -2.06. The van der Waals surface area contributed by atoms with E-state index in [1.165, 1.54) is 6.07 Å². The Morgan fingerprint density at radius 2 is 2.15 bits per heavy atom. The van der Waals surface area contributed by atoms with E-state index in [1.54, 1.807) is 41.1 Å². The Hall–Kier alpha value is -2.89. The molecule has 0 atom stereocenters. The molecule has 0 fully saturated rings. The molecule has 0 spiro atoms. The Morgan fingerprint density at radius 1 is 1.30 bits per heavy atom. The van der Waals surface area contributed by atoms with Gasteiger partial charge < -0.3 is 9.84 Å². The second kappa shape index (κ2) is 5.00. The maximum Gasteiger partial charge on any atom is 0.339 e. The molecular formula is C14H11N3O3. The van der Waals surface area contributed by atoms with Gasteiger partial charge in [-0.3, -0.25) is 4.40 Å². The largest absolute Gasteiger partial charge is 0.486 e. The van der Waals surface area contributed by atoms with Crippen molar-refractivity contribution in [1.29, 1.82) is 0 Å². The number of aromatic carboxylic acids is 1. The number of benzene rings is 1. The van der Waals surface area contributed by atoms with Gasteiger partial charge in [-0.2, -0.15) is 0 Å². The Bertz CT molecular complexity index is 734. The smallest absolute Gasteiger partial charge is 0.339 e. The van der Waals surface area contributed by atoms with E-state index in [-0.39, 0.29) is 12.2 Å². The van der Waals surface area contributed by atoms with Crippen LogP contribution in [0, 0.1) is 0 Å². The molecule has 0 saturated heterocycles. The predicted molar refractivity (Wildman–Crippen MR) is 70.7 cm³/mol. The standard InChI is InChI=1S/C14H11N3O3/c18-13(19)11-4-1-2-5-12(11)20-9-10-8-17-7-3-6-15-14(17)16-10/h1-8H,9H2,(H,18,19). The van der Waals surface area contributed by atoms with Gasteiger partial charge in [-0.15, -0.1) is 0 Å². The first-order chi connectivity index (χ1) is 9.74. The monoisotopic (exact) mass is 269 g/mol. The molecule has 100 valence electrons. The topological polar surface area (TPSA) is 76.7 Å². The van der Waals surface area contributed by atoms with Crippen molar-refractivity contribution in [2.45, 2.75) is 6.61 Å². The maximum absolute atomic E-state index is 11.1. The summed E-state index contributed by atoms with van der Waals surface area (Å²) in [4.78, 5) is 19.5. The lowest BCUT2D eigenvalue weighted by Crippen LogP contribution is -2.03. The zero-order chi connectivity index (χ0) is 13.9. The molecule has 2 aromatic heterocycles. The Kier molecular flexibility index (Phi) is 3.04. The minimum atomic E-state index is -1.02. The lowest BCUT2D eigenvalue weighted by molar-refractivity contribution is 0.0691. The van der Waals surface area contributed by atoms with Crippen molar-refractivity contribution in [2.24, 2.45) is 0 Å². The van der Waals surface area contributed by atoms with E-state index in [0.29, 0.717) is 17.2 Å². The van der Waals surface area contributed by atoms with Crippen LogP contribution < -0.4 is 4.74 Å². The molecule has 1 aromatic carbocycles. The second-order valence-corrected chi connectivity index (χ2v) is 4.15. The van der Waals surface area contributed by atoms with Crippen molar-refractivity contribution in [1.82, 2.24) is 14.4 Å². The molecule has 6 nitrogen and oxygen atoms in total. The summed E-state index contributed by atoms with van der Waals surface area (Å²) in [7, 11) is 0. The fraction of sp³-hybridized carbons (Fsp3) is 0.0714. The third-order valence-electron chi connectivity index (χ3n) is 2.78. The second-order valence-electron chi connectivity index (χ2n) is 4.15. The van der Waals surface area contributed by atoms with Gasteiger partial charge in [0.1, 0.15) is 17.9 Å². The Labute approximate surface area is 114 Å². The molecule has 0 aliphatic heterocycles. The van der Waals surface area contributed by atoms with Gasteiger partial charge >= 0.3 is 5.97 Å². The van der Waals surface area contributed by atoms with Gasteiger partial charge in [0, 0.05) is 18.6 Å². The van der Waals surface area contributed by atoms with E-state index < -0.39 is 5.97 Å². The van der Waals surface area contributed by atoms with Crippen LogP contribution >= 0.6 is 0 Å². The van der Waals surface area contributed by atoms with Crippen LogP contribution in [-0.2, 0) is 6.61 Å². The van der Waals surface area contributed by atoms with Crippen LogP contribution in [0.1, 0.15) is 16.1 Å². The van der Waals surface area contributed by atoms with E-state index in [9.17, 15) is 4.79 Å². The molecule has 1 N–H and O–H groups in total. The first-order valence-corrected chi connectivity index (χ1v) is 5.98. The maximum atomic E-state index is 11.1. The van der Waals surface area contributed by atoms with E-state index in [1.807, 2.05) is 6.20 Å². The molecule has 6 heteroatoms. The number of imidazole rings is 1. The molecule has 2 heterocycles. The van der Waals surface area contributed by atoms with Crippen LogP contribution in [0.25, 0.3) is 5.78 Å². The third kappa shape index (κ3) is 2.31. The molecule has 20 heavy (non-hydrogen) atoms. The summed E-state index contributed by atoms with van der Waals surface area (Å²) in [5.41, 5.74) is 0.818. The zero-order valence-corrected chi connectivity index (χ0v) is 10.4. The molecule has 0 saturated carbocycles. The summed E-state index contributed by atoms with van der Waals surface area (Å²) in [6.07, 6.45) is 5.29. The molecule has 0 unspecified atom stereocenters. The van der Waals surface area contributed by atoms with Crippen LogP contribution in [0.4, 0.5) is 0 Å². The minimum Gasteiger partial charge on any atom is -0.486 e. The first-order valence-electron chi connectivity index (χ1n) is 5.98. The van der Waals surface area contributed by atoms with E-state index in [2.05, 4.69) is 9.97 Å². The van der Waals surface area contributed by atoms with Gasteiger partial charge in [0.05, 0.1) is 5.69 Å². The van der Waals surface area contributed by atoms with Crippen LogP contribution in [0.3, 0.4) is 0 Å². The van der Waals surface area contributed by atoms with Crippen LogP contribution in [0.2, 0.25) is 0 Å². The van der Waals surface area contributed by atoms with Gasteiger partial charge in [0.2, 0.25) is 5.78 Å². The van der Waals surface area contributed by atoms with Crippen molar-refractivity contribution in [3.05, 3.63) is 60.2 Å². The number of hydrogen-bond acceptors (Lipinski definition) is 4. The average molecular weight is 269 g/mol. The summed E-state index contributed by atoms with van der Waals surface area (Å²) < 4.78 is 7.31. The number of nitrogens with zero attached hydrogens (tertiary/aromatic N) is 3. The third-order valence-corrected chi connectivity index (χ3v) is 2.78. The Morgan fingerprint density at radius 3 is 2.95 bits per heavy atom. The predicted octanol–water partition coefficient (Wildman–Crippen LogP) is 2.01. The zero-order valence-electron chi connectivity index (χ0n) is 10.4. The number of fused-ring (bicyclic) bond motifs is 1. The highest BCUT2D eigenvalue weighted by Crippen LogP contribution is 2.19. The number of carbonyl (C=O) groups is 1. The van der Waals surface area contributed by atoms with Crippen molar-refractivity contribution in [3.63, 3.8) is 0 Å². The summed E-state index contributed by atoms with van der Waals surface area (Å²) in [5, 5.41) is 9.07. The number of ether oxygens (including phenoxy) is 1.